The van der Waals surface area contributed by atoms with Gasteiger partial charge < -0.3 is 15.4 Å². The summed E-state index contributed by atoms with van der Waals surface area (Å²) < 4.78 is 5.65. The average molecular weight is 228 g/mol. The third-order valence-corrected chi connectivity index (χ3v) is 3.15. The van der Waals surface area contributed by atoms with Crippen molar-refractivity contribution < 1.29 is 4.74 Å². The molecule has 0 spiro atoms. The smallest absolute Gasteiger partial charge is 0.0725 e. The number of rotatable bonds is 8. The quantitative estimate of drug-likeness (QED) is 0.620. The molecule has 0 radical (unpaired) electrons. The Morgan fingerprint density at radius 2 is 2.00 bits per heavy atom. The van der Waals surface area contributed by atoms with E-state index in [9.17, 15) is 0 Å². The molecule has 96 valence electrons. The molecule has 0 amide bonds. The molecule has 1 rings (SSSR count). The molecule has 3 heteroatoms. The summed E-state index contributed by atoms with van der Waals surface area (Å²) in [6.45, 7) is 12.1. The summed E-state index contributed by atoms with van der Waals surface area (Å²) in [5.41, 5.74) is 0. The lowest BCUT2D eigenvalue weighted by Crippen LogP contribution is -2.32. The Morgan fingerprint density at radius 3 is 2.62 bits per heavy atom. The molecule has 1 aliphatic rings. The van der Waals surface area contributed by atoms with Crippen molar-refractivity contribution in [2.45, 2.75) is 39.7 Å². The van der Waals surface area contributed by atoms with Crippen molar-refractivity contribution in [1.29, 1.82) is 0 Å². The normalized spacial score (nSPS) is 25.5. The minimum atomic E-state index is 0.448. The molecule has 2 N–H and O–H groups in total. The maximum absolute atomic E-state index is 5.65. The highest BCUT2D eigenvalue weighted by molar-refractivity contribution is 4.74. The fraction of sp³-hybridized carbons (Fsp3) is 1.00. The highest BCUT2D eigenvalue weighted by atomic mass is 16.5. The molecular formula is C13H28N2O. The van der Waals surface area contributed by atoms with E-state index in [1.165, 1.54) is 12.8 Å². The van der Waals surface area contributed by atoms with Crippen molar-refractivity contribution in [1.82, 2.24) is 10.6 Å². The molecular weight excluding hydrogens is 200 g/mol. The molecule has 0 saturated carbocycles. The van der Waals surface area contributed by atoms with E-state index in [2.05, 4.69) is 31.4 Å². The van der Waals surface area contributed by atoms with Gasteiger partial charge >= 0.3 is 0 Å². The second-order valence-electron chi connectivity index (χ2n) is 5.33. The van der Waals surface area contributed by atoms with Crippen LogP contribution in [0.3, 0.4) is 0 Å². The molecule has 0 aromatic carbocycles. The molecule has 0 bridgehead atoms. The Labute approximate surface area is 100 Å². The Morgan fingerprint density at radius 1 is 1.25 bits per heavy atom. The van der Waals surface area contributed by atoms with E-state index < -0.39 is 0 Å². The predicted molar refractivity (Wildman–Crippen MR) is 68.7 cm³/mol. The first-order chi connectivity index (χ1) is 7.70. The lowest BCUT2D eigenvalue weighted by molar-refractivity contribution is 0.0935. The van der Waals surface area contributed by atoms with E-state index in [4.69, 9.17) is 4.74 Å². The molecule has 0 aromatic rings. The van der Waals surface area contributed by atoms with Gasteiger partial charge in [0, 0.05) is 13.2 Å². The third kappa shape index (κ3) is 5.83. The van der Waals surface area contributed by atoms with Crippen molar-refractivity contribution in [3.63, 3.8) is 0 Å². The van der Waals surface area contributed by atoms with Gasteiger partial charge in [-0.3, -0.25) is 0 Å². The fourth-order valence-corrected chi connectivity index (χ4v) is 1.99. The molecule has 1 heterocycles. The summed E-state index contributed by atoms with van der Waals surface area (Å²) in [4.78, 5) is 0. The first-order valence-electron chi connectivity index (χ1n) is 6.73. The van der Waals surface area contributed by atoms with E-state index in [0.29, 0.717) is 6.10 Å². The second-order valence-corrected chi connectivity index (χ2v) is 5.33. The SMILES string of the molecule is CC(C)CNCCCNCC1OCCC1C. The highest BCUT2D eigenvalue weighted by Gasteiger charge is 2.23. The van der Waals surface area contributed by atoms with Crippen LogP contribution in [0.2, 0.25) is 0 Å². The summed E-state index contributed by atoms with van der Waals surface area (Å²) in [7, 11) is 0. The van der Waals surface area contributed by atoms with Crippen molar-refractivity contribution >= 4 is 0 Å². The zero-order chi connectivity index (χ0) is 11.8. The van der Waals surface area contributed by atoms with Gasteiger partial charge in [0.15, 0.2) is 0 Å². The monoisotopic (exact) mass is 228 g/mol. The van der Waals surface area contributed by atoms with Gasteiger partial charge in [0.2, 0.25) is 0 Å². The van der Waals surface area contributed by atoms with Crippen LogP contribution < -0.4 is 10.6 Å². The maximum Gasteiger partial charge on any atom is 0.0725 e. The van der Waals surface area contributed by atoms with Gasteiger partial charge in [-0.15, -0.1) is 0 Å². The summed E-state index contributed by atoms with van der Waals surface area (Å²) in [5, 5.41) is 6.93. The van der Waals surface area contributed by atoms with Crippen molar-refractivity contribution in [2.24, 2.45) is 11.8 Å². The third-order valence-electron chi connectivity index (χ3n) is 3.15. The first kappa shape index (κ1) is 13.9. The lowest BCUT2D eigenvalue weighted by Gasteiger charge is -2.15. The summed E-state index contributed by atoms with van der Waals surface area (Å²) in [6.07, 6.45) is 2.87. The van der Waals surface area contributed by atoms with Gasteiger partial charge in [0.1, 0.15) is 0 Å². The predicted octanol–water partition coefficient (Wildman–Crippen LogP) is 1.64. The minimum absolute atomic E-state index is 0.448. The number of hydrogen-bond donors (Lipinski definition) is 2. The average Bonchev–Trinajstić information content (AvgIpc) is 2.62. The van der Waals surface area contributed by atoms with E-state index in [1.807, 2.05) is 0 Å². The Kier molecular flexibility index (Phi) is 7.01. The number of hydrogen-bond acceptors (Lipinski definition) is 3. The summed E-state index contributed by atoms with van der Waals surface area (Å²) in [6, 6.07) is 0. The zero-order valence-corrected chi connectivity index (χ0v) is 11.1. The Bertz CT molecular complexity index is 173. The van der Waals surface area contributed by atoms with Crippen LogP contribution in [0.25, 0.3) is 0 Å². The van der Waals surface area contributed by atoms with Gasteiger partial charge in [-0.1, -0.05) is 20.8 Å². The highest BCUT2D eigenvalue weighted by Crippen LogP contribution is 2.18. The van der Waals surface area contributed by atoms with Crippen molar-refractivity contribution in [3.05, 3.63) is 0 Å². The van der Waals surface area contributed by atoms with Crippen LogP contribution in [0, 0.1) is 11.8 Å². The van der Waals surface area contributed by atoms with E-state index in [0.717, 1.165) is 44.6 Å². The molecule has 2 unspecified atom stereocenters. The standard InChI is InChI=1S/C13H28N2O/c1-11(2)9-14-6-4-7-15-10-13-12(3)5-8-16-13/h11-15H,4-10H2,1-3H3. The van der Waals surface area contributed by atoms with Gasteiger partial charge in [-0.25, -0.2) is 0 Å². The molecule has 3 nitrogen and oxygen atoms in total. The largest absolute Gasteiger partial charge is 0.377 e. The number of nitrogens with one attached hydrogen (secondary N) is 2. The van der Waals surface area contributed by atoms with Crippen LogP contribution in [0.4, 0.5) is 0 Å². The van der Waals surface area contributed by atoms with Crippen LogP contribution in [-0.4, -0.2) is 38.9 Å². The molecule has 1 saturated heterocycles. The molecule has 1 fully saturated rings. The topological polar surface area (TPSA) is 33.3 Å². The van der Waals surface area contributed by atoms with E-state index in [-0.39, 0.29) is 0 Å². The van der Waals surface area contributed by atoms with Crippen LogP contribution in [0.1, 0.15) is 33.6 Å². The lowest BCUT2D eigenvalue weighted by atomic mass is 10.0. The number of ether oxygens (including phenoxy) is 1. The van der Waals surface area contributed by atoms with E-state index in [1.54, 1.807) is 0 Å². The van der Waals surface area contributed by atoms with Crippen LogP contribution in [0.5, 0.6) is 0 Å². The molecule has 2 atom stereocenters. The maximum atomic E-state index is 5.65. The van der Waals surface area contributed by atoms with Crippen LogP contribution >= 0.6 is 0 Å². The summed E-state index contributed by atoms with van der Waals surface area (Å²) in [5.74, 6) is 1.48. The van der Waals surface area contributed by atoms with Gasteiger partial charge in [-0.05, 0) is 44.3 Å². The first-order valence-corrected chi connectivity index (χ1v) is 6.73. The van der Waals surface area contributed by atoms with Gasteiger partial charge in [-0.2, -0.15) is 0 Å². The summed E-state index contributed by atoms with van der Waals surface area (Å²) >= 11 is 0. The second kappa shape index (κ2) is 8.04. The van der Waals surface area contributed by atoms with Crippen LogP contribution in [0.15, 0.2) is 0 Å². The van der Waals surface area contributed by atoms with Gasteiger partial charge in [0.25, 0.3) is 0 Å². The van der Waals surface area contributed by atoms with Crippen molar-refractivity contribution in [2.75, 3.05) is 32.8 Å². The van der Waals surface area contributed by atoms with Crippen LogP contribution in [-0.2, 0) is 4.74 Å². The zero-order valence-electron chi connectivity index (χ0n) is 11.1. The molecule has 0 aromatic heterocycles. The minimum Gasteiger partial charge on any atom is -0.377 e. The Balaban J connectivity index is 1.84. The Hall–Kier alpha value is -0.120. The molecule has 0 aliphatic carbocycles. The molecule has 1 aliphatic heterocycles. The van der Waals surface area contributed by atoms with Crippen molar-refractivity contribution in [3.8, 4) is 0 Å². The molecule has 16 heavy (non-hydrogen) atoms. The fourth-order valence-electron chi connectivity index (χ4n) is 1.99. The van der Waals surface area contributed by atoms with E-state index >= 15 is 0 Å². The van der Waals surface area contributed by atoms with Gasteiger partial charge in [0.05, 0.1) is 6.10 Å².